The van der Waals surface area contributed by atoms with Gasteiger partial charge in [-0.1, -0.05) is 17.3 Å². The fourth-order valence-corrected chi connectivity index (χ4v) is 4.68. The van der Waals surface area contributed by atoms with Gasteiger partial charge in [-0.15, -0.1) is 16.6 Å². The standard InChI is InChI=1S/C13H16N4O3S2/c1-2-12-3-6-13(7-4-12,8-5-12)9(18)15-10-16-17-11(21-10)22(14,19)20/h1H,3-8H2,(H2,14,19,20)(H,15,16,18). The zero-order valence-corrected chi connectivity index (χ0v) is 13.5. The largest absolute Gasteiger partial charge is 0.300 e. The summed E-state index contributed by atoms with van der Waals surface area (Å²) in [5.74, 6) is 2.77. The van der Waals surface area contributed by atoms with Gasteiger partial charge in [0.15, 0.2) is 0 Å². The Bertz CT molecular complexity index is 738. The third-order valence-corrected chi connectivity index (χ3v) is 7.05. The zero-order valence-electron chi connectivity index (χ0n) is 11.8. The highest BCUT2D eigenvalue weighted by atomic mass is 32.2. The van der Waals surface area contributed by atoms with Gasteiger partial charge in [-0.2, -0.15) is 0 Å². The number of amides is 1. The lowest BCUT2D eigenvalue weighted by atomic mass is 9.54. The van der Waals surface area contributed by atoms with Crippen molar-refractivity contribution in [3.8, 4) is 12.3 Å². The first kappa shape index (κ1) is 15.4. The summed E-state index contributed by atoms with van der Waals surface area (Å²) in [4.78, 5) is 12.6. The Morgan fingerprint density at radius 2 is 1.82 bits per heavy atom. The summed E-state index contributed by atoms with van der Waals surface area (Å²) in [6, 6.07) is 0. The molecule has 7 nitrogen and oxygen atoms in total. The van der Waals surface area contributed by atoms with Crippen molar-refractivity contribution in [3.63, 3.8) is 0 Å². The molecule has 1 heterocycles. The number of rotatable bonds is 3. The molecule has 0 unspecified atom stereocenters. The highest BCUT2D eigenvalue weighted by Crippen LogP contribution is 2.56. The highest BCUT2D eigenvalue weighted by molar-refractivity contribution is 7.91. The minimum absolute atomic E-state index is 0.0361. The maximum Gasteiger partial charge on any atom is 0.267 e. The van der Waals surface area contributed by atoms with Crippen LogP contribution in [0.4, 0.5) is 5.13 Å². The summed E-state index contributed by atoms with van der Waals surface area (Å²) in [5.41, 5.74) is -0.461. The molecular formula is C13H16N4O3S2. The minimum atomic E-state index is -3.90. The van der Waals surface area contributed by atoms with Gasteiger partial charge in [0.2, 0.25) is 15.4 Å². The number of hydrogen-bond acceptors (Lipinski definition) is 6. The van der Waals surface area contributed by atoms with Crippen molar-refractivity contribution in [2.24, 2.45) is 16.0 Å². The molecule has 1 aromatic rings. The molecule has 22 heavy (non-hydrogen) atoms. The van der Waals surface area contributed by atoms with Crippen LogP contribution in [0, 0.1) is 23.2 Å². The van der Waals surface area contributed by atoms with Gasteiger partial charge in [-0.05, 0) is 38.5 Å². The number of aromatic nitrogens is 2. The Morgan fingerprint density at radius 1 is 1.23 bits per heavy atom. The molecule has 3 aliphatic carbocycles. The second-order valence-corrected chi connectivity index (χ2v) is 8.79. The molecule has 2 bridgehead atoms. The van der Waals surface area contributed by atoms with Crippen LogP contribution >= 0.6 is 11.3 Å². The number of sulfonamides is 1. The van der Waals surface area contributed by atoms with Crippen molar-refractivity contribution in [2.75, 3.05) is 5.32 Å². The van der Waals surface area contributed by atoms with Crippen LogP contribution in [0.25, 0.3) is 0 Å². The van der Waals surface area contributed by atoms with Gasteiger partial charge in [0.1, 0.15) is 0 Å². The molecule has 0 aromatic carbocycles. The van der Waals surface area contributed by atoms with Crippen molar-refractivity contribution in [1.82, 2.24) is 10.2 Å². The van der Waals surface area contributed by atoms with E-state index in [2.05, 4.69) is 21.4 Å². The van der Waals surface area contributed by atoms with Crippen LogP contribution in [0.3, 0.4) is 0 Å². The minimum Gasteiger partial charge on any atom is -0.300 e. The molecule has 0 atom stereocenters. The topological polar surface area (TPSA) is 115 Å². The van der Waals surface area contributed by atoms with E-state index in [1.165, 1.54) is 0 Å². The molecule has 0 aliphatic heterocycles. The summed E-state index contributed by atoms with van der Waals surface area (Å²) in [7, 11) is -3.90. The van der Waals surface area contributed by atoms with E-state index in [0.717, 1.165) is 49.9 Å². The number of carbonyl (C=O) groups excluding carboxylic acids is 1. The number of terminal acetylenes is 1. The molecule has 118 valence electrons. The molecule has 0 saturated heterocycles. The summed E-state index contributed by atoms with van der Waals surface area (Å²) in [5, 5.41) is 15.0. The van der Waals surface area contributed by atoms with Crippen LogP contribution in [-0.2, 0) is 14.8 Å². The van der Waals surface area contributed by atoms with Gasteiger partial charge in [-0.25, -0.2) is 13.6 Å². The highest BCUT2D eigenvalue weighted by Gasteiger charge is 2.51. The molecule has 4 rings (SSSR count). The second-order valence-electron chi connectivity index (χ2n) is 6.08. The molecule has 3 aliphatic rings. The second kappa shape index (κ2) is 5.01. The average Bonchev–Trinajstić information content (AvgIpc) is 2.98. The number of nitrogens with zero attached hydrogens (tertiary/aromatic N) is 2. The predicted molar refractivity (Wildman–Crippen MR) is 81.3 cm³/mol. The van der Waals surface area contributed by atoms with E-state index >= 15 is 0 Å². The van der Waals surface area contributed by atoms with Crippen molar-refractivity contribution in [3.05, 3.63) is 0 Å². The fourth-order valence-electron chi connectivity index (χ4n) is 3.35. The number of anilines is 1. The molecular weight excluding hydrogens is 324 g/mol. The van der Waals surface area contributed by atoms with E-state index in [0.29, 0.717) is 0 Å². The number of hydrogen-bond donors (Lipinski definition) is 2. The van der Waals surface area contributed by atoms with Crippen molar-refractivity contribution < 1.29 is 13.2 Å². The Kier molecular flexibility index (Phi) is 3.51. The average molecular weight is 340 g/mol. The third-order valence-electron chi connectivity index (χ3n) is 4.90. The molecule has 1 amide bonds. The van der Waals surface area contributed by atoms with Crippen molar-refractivity contribution in [2.45, 2.75) is 42.9 Å². The van der Waals surface area contributed by atoms with E-state index in [1.807, 2.05) is 0 Å². The molecule has 1 aromatic heterocycles. The number of nitrogens with one attached hydrogen (secondary N) is 1. The van der Waals surface area contributed by atoms with Gasteiger partial charge in [-0.3, -0.25) is 4.79 Å². The predicted octanol–water partition coefficient (Wildman–Crippen LogP) is 1.10. The zero-order chi connectivity index (χ0) is 16.0. The van der Waals surface area contributed by atoms with Crippen LogP contribution in [0.1, 0.15) is 38.5 Å². The Labute approximate surface area is 132 Å². The van der Waals surface area contributed by atoms with E-state index in [-0.39, 0.29) is 20.8 Å². The quantitative estimate of drug-likeness (QED) is 0.631. The van der Waals surface area contributed by atoms with E-state index in [9.17, 15) is 13.2 Å². The Balaban J connectivity index is 1.74. The first-order valence-corrected chi connectivity index (χ1v) is 9.31. The number of primary sulfonamides is 1. The summed E-state index contributed by atoms with van der Waals surface area (Å²) in [6.07, 6.45) is 10.5. The lowest BCUT2D eigenvalue weighted by Gasteiger charge is -2.50. The first-order valence-electron chi connectivity index (χ1n) is 6.94. The third kappa shape index (κ3) is 2.51. The van der Waals surface area contributed by atoms with Crippen LogP contribution in [0.15, 0.2) is 4.34 Å². The summed E-state index contributed by atoms with van der Waals surface area (Å²) in [6.45, 7) is 0. The molecule has 3 saturated carbocycles. The van der Waals surface area contributed by atoms with Gasteiger partial charge in [0.25, 0.3) is 10.0 Å². The normalized spacial score (nSPS) is 30.7. The number of carbonyl (C=O) groups is 1. The van der Waals surface area contributed by atoms with Gasteiger partial charge in [0.05, 0.1) is 0 Å². The van der Waals surface area contributed by atoms with E-state index in [4.69, 9.17) is 11.6 Å². The maximum atomic E-state index is 12.6. The lowest BCUT2D eigenvalue weighted by molar-refractivity contribution is -0.132. The van der Waals surface area contributed by atoms with Crippen LogP contribution in [-0.4, -0.2) is 24.5 Å². The van der Waals surface area contributed by atoms with Crippen molar-refractivity contribution >= 4 is 32.4 Å². The molecule has 3 N–H and O–H groups in total. The van der Waals surface area contributed by atoms with Gasteiger partial charge >= 0.3 is 0 Å². The summed E-state index contributed by atoms with van der Waals surface area (Å²) < 4.78 is 22.1. The fraction of sp³-hybridized carbons (Fsp3) is 0.615. The van der Waals surface area contributed by atoms with Crippen LogP contribution < -0.4 is 10.5 Å². The van der Waals surface area contributed by atoms with Crippen molar-refractivity contribution in [1.29, 1.82) is 0 Å². The molecule has 9 heteroatoms. The SMILES string of the molecule is C#CC12CCC(C(=O)Nc3nnc(S(N)(=O)=O)s3)(CC1)CC2. The maximum absolute atomic E-state index is 12.6. The van der Waals surface area contributed by atoms with E-state index < -0.39 is 15.4 Å². The Hall–Kier alpha value is -1.50. The van der Waals surface area contributed by atoms with Crippen LogP contribution in [0.5, 0.6) is 0 Å². The van der Waals surface area contributed by atoms with Gasteiger partial charge < -0.3 is 5.32 Å². The Morgan fingerprint density at radius 3 is 2.27 bits per heavy atom. The smallest absolute Gasteiger partial charge is 0.267 e. The molecule has 3 fully saturated rings. The van der Waals surface area contributed by atoms with Crippen LogP contribution in [0.2, 0.25) is 0 Å². The van der Waals surface area contributed by atoms with Gasteiger partial charge in [0, 0.05) is 10.8 Å². The molecule has 0 spiro atoms. The number of fused-ring (bicyclic) bond motifs is 3. The lowest BCUT2D eigenvalue weighted by Crippen LogP contribution is -2.47. The number of nitrogens with two attached hydrogens (primary N) is 1. The monoisotopic (exact) mass is 340 g/mol. The van der Waals surface area contributed by atoms with E-state index in [1.54, 1.807) is 0 Å². The molecule has 0 radical (unpaired) electrons. The summed E-state index contributed by atoms with van der Waals surface area (Å²) >= 11 is 0.758. The first-order chi connectivity index (χ1) is 10.3.